The number of carbonyl (C=O) groups is 1. The summed E-state index contributed by atoms with van der Waals surface area (Å²) in [5, 5.41) is 12.7. The molecule has 0 bridgehead atoms. The molecule has 7 nitrogen and oxygen atoms in total. The number of aromatic nitrogens is 2. The third-order valence-electron chi connectivity index (χ3n) is 6.38. The Labute approximate surface area is 190 Å². The molecule has 4 rings (SSSR count). The fourth-order valence-corrected chi connectivity index (χ4v) is 4.31. The SMILES string of the molecule is CCCN(CC1CC1)c1cc(C(=O)Nc2ccc(CN3CCC(O)CC3)cc2C)ncn1. The van der Waals surface area contributed by atoms with Gasteiger partial charge in [-0.2, -0.15) is 0 Å². The van der Waals surface area contributed by atoms with Gasteiger partial charge < -0.3 is 15.3 Å². The zero-order valence-electron chi connectivity index (χ0n) is 19.3. The van der Waals surface area contributed by atoms with Crippen molar-refractivity contribution < 1.29 is 9.90 Å². The molecule has 1 amide bonds. The van der Waals surface area contributed by atoms with Crippen LogP contribution < -0.4 is 10.2 Å². The fraction of sp³-hybridized carbons (Fsp3) is 0.560. The minimum Gasteiger partial charge on any atom is -0.393 e. The molecule has 2 N–H and O–H groups in total. The van der Waals surface area contributed by atoms with Crippen LogP contribution in [0.1, 0.15) is 60.6 Å². The van der Waals surface area contributed by atoms with Gasteiger partial charge in [0.15, 0.2) is 0 Å². The van der Waals surface area contributed by atoms with E-state index in [2.05, 4.69) is 44.1 Å². The number of carbonyl (C=O) groups excluding carboxylic acids is 1. The molecule has 32 heavy (non-hydrogen) atoms. The summed E-state index contributed by atoms with van der Waals surface area (Å²) >= 11 is 0. The maximum atomic E-state index is 12.9. The fourth-order valence-electron chi connectivity index (χ4n) is 4.31. The van der Waals surface area contributed by atoms with Crippen molar-refractivity contribution in [3.05, 3.63) is 47.4 Å². The summed E-state index contributed by atoms with van der Waals surface area (Å²) in [4.78, 5) is 26.2. The molecule has 2 heterocycles. The van der Waals surface area contributed by atoms with Crippen LogP contribution in [-0.2, 0) is 6.54 Å². The molecule has 0 unspecified atom stereocenters. The maximum Gasteiger partial charge on any atom is 0.274 e. The van der Waals surface area contributed by atoms with Gasteiger partial charge in [-0.15, -0.1) is 0 Å². The Bertz CT molecular complexity index is 922. The zero-order chi connectivity index (χ0) is 22.5. The molecule has 2 aromatic rings. The van der Waals surface area contributed by atoms with E-state index in [1.54, 1.807) is 0 Å². The molecule has 0 spiro atoms. The van der Waals surface area contributed by atoms with Gasteiger partial charge in [-0.1, -0.05) is 19.1 Å². The van der Waals surface area contributed by atoms with E-state index >= 15 is 0 Å². The second-order valence-corrected chi connectivity index (χ2v) is 9.26. The lowest BCUT2D eigenvalue weighted by molar-refractivity contribution is 0.0792. The minimum absolute atomic E-state index is 0.157. The third-order valence-corrected chi connectivity index (χ3v) is 6.38. The first kappa shape index (κ1) is 22.7. The highest BCUT2D eigenvalue weighted by atomic mass is 16.3. The lowest BCUT2D eigenvalue weighted by atomic mass is 10.1. The quantitative estimate of drug-likeness (QED) is 0.624. The Kier molecular flexibility index (Phi) is 7.37. The number of hydrogen-bond donors (Lipinski definition) is 2. The monoisotopic (exact) mass is 437 g/mol. The highest BCUT2D eigenvalue weighted by molar-refractivity contribution is 6.03. The van der Waals surface area contributed by atoms with Crippen molar-refractivity contribution in [2.24, 2.45) is 5.92 Å². The number of aliphatic hydroxyl groups excluding tert-OH is 1. The van der Waals surface area contributed by atoms with E-state index in [9.17, 15) is 9.90 Å². The Hall–Kier alpha value is -2.51. The van der Waals surface area contributed by atoms with Gasteiger partial charge in [-0.3, -0.25) is 9.69 Å². The van der Waals surface area contributed by atoms with Crippen LogP contribution in [0.15, 0.2) is 30.6 Å². The molecule has 2 fully saturated rings. The summed E-state index contributed by atoms with van der Waals surface area (Å²) < 4.78 is 0. The van der Waals surface area contributed by atoms with Crippen molar-refractivity contribution in [2.45, 2.75) is 58.6 Å². The molecule has 1 aliphatic carbocycles. The number of benzene rings is 1. The lowest BCUT2D eigenvalue weighted by Crippen LogP contribution is -2.35. The van der Waals surface area contributed by atoms with Crippen LogP contribution in [-0.4, -0.2) is 58.2 Å². The molecule has 1 aliphatic heterocycles. The van der Waals surface area contributed by atoms with Gasteiger partial charge in [-0.05, 0) is 62.1 Å². The third kappa shape index (κ3) is 6.04. The van der Waals surface area contributed by atoms with Gasteiger partial charge in [-0.25, -0.2) is 9.97 Å². The second-order valence-electron chi connectivity index (χ2n) is 9.26. The summed E-state index contributed by atoms with van der Waals surface area (Å²) in [7, 11) is 0. The molecule has 1 aromatic carbocycles. The molecule has 1 saturated heterocycles. The lowest BCUT2D eigenvalue weighted by Gasteiger charge is -2.29. The van der Waals surface area contributed by atoms with E-state index in [0.29, 0.717) is 5.69 Å². The van der Waals surface area contributed by atoms with E-state index < -0.39 is 0 Å². The van der Waals surface area contributed by atoms with Crippen LogP contribution in [0.25, 0.3) is 0 Å². The van der Waals surface area contributed by atoms with Gasteiger partial charge in [0.25, 0.3) is 5.91 Å². The molecule has 1 saturated carbocycles. The number of nitrogens with zero attached hydrogens (tertiary/aromatic N) is 4. The summed E-state index contributed by atoms with van der Waals surface area (Å²) in [6.07, 6.45) is 6.62. The number of aliphatic hydroxyl groups is 1. The zero-order valence-corrected chi connectivity index (χ0v) is 19.3. The molecular weight excluding hydrogens is 402 g/mol. The highest BCUT2D eigenvalue weighted by Crippen LogP contribution is 2.31. The van der Waals surface area contributed by atoms with E-state index in [4.69, 9.17) is 0 Å². The van der Waals surface area contributed by atoms with Crippen molar-refractivity contribution in [3.63, 3.8) is 0 Å². The average Bonchev–Trinajstić information content (AvgIpc) is 3.61. The number of likely N-dealkylation sites (tertiary alicyclic amines) is 1. The molecule has 7 heteroatoms. The van der Waals surface area contributed by atoms with Crippen molar-refractivity contribution in [2.75, 3.05) is 36.4 Å². The molecule has 0 atom stereocenters. The topological polar surface area (TPSA) is 81.6 Å². The summed E-state index contributed by atoms with van der Waals surface area (Å²) in [5.74, 6) is 1.37. The van der Waals surface area contributed by atoms with Crippen LogP contribution in [0.5, 0.6) is 0 Å². The van der Waals surface area contributed by atoms with Crippen LogP contribution in [0.4, 0.5) is 11.5 Å². The average molecular weight is 438 g/mol. The Morgan fingerprint density at radius 1 is 1.19 bits per heavy atom. The Morgan fingerprint density at radius 3 is 2.66 bits per heavy atom. The van der Waals surface area contributed by atoms with Crippen molar-refractivity contribution in [3.8, 4) is 0 Å². The summed E-state index contributed by atoms with van der Waals surface area (Å²) in [6, 6.07) is 7.98. The number of piperidine rings is 1. The van der Waals surface area contributed by atoms with Gasteiger partial charge in [0, 0.05) is 44.5 Å². The van der Waals surface area contributed by atoms with Crippen LogP contribution in [0.2, 0.25) is 0 Å². The first-order valence-corrected chi connectivity index (χ1v) is 11.9. The molecular formula is C25H35N5O2. The molecule has 0 radical (unpaired) electrons. The first-order valence-electron chi connectivity index (χ1n) is 11.9. The van der Waals surface area contributed by atoms with Gasteiger partial charge in [0.05, 0.1) is 6.10 Å². The van der Waals surface area contributed by atoms with E-state index in [1.165, 1.54) is 24.7 Å². The largest absolute Gasteiger partial charge is 0.393 e. The number of amides is 1. The predicted molar refractivity (Wildman–Crippen MR) is 127 cm³/mol. The number of rotatable bonds is 9. The van der Waals surface area contributed by atoms with Crippen LogP contribution in [0, 0.1) is 12.8 Å². The highest BCUT2D eigenvalue weighted by Gasteiger charge is 2.25. The molecule has 2 aliphatic rings. The molecule has 172 valence electrons. The Morgan fingerprint density at radius 2 is 1.97 bits per heavy atom. The van der Waals surface area contributed by atoms with E-state index in [-0.39, 0.29) is 12.0 Å². The smallest absolute Gasteiger partial charge is 0.274 e. The van der Waals surface area contributed by atoms with Crippen molar-refractivity contribution in [1.82, 2.24) is 14.9 Å². The number of anilines is 2. The van der Waals surface area contributed by atoms with Crippen LogP contribution in [0.3, 0.4) is 0 Å². The number of nitrogens with one attached hydrogen (secondary N) is 1. The number of hydrogen-bond acceptors (Lipinski definition) is 6. The van der Waals surface area contributed by atoms with Crippen molar-refractivity contribution >= 4 is 17.4 Å². The molecule has 1 aromatic heterocycles. The Balaban J connectivity index is 1.40. The predicted octanol–water partition coefficient (Wildman–Crippen LogP) is 3.62. The minimum atomic E-state index is -0.211. The normalized spacial score (nSPS) is 17.3. The van der Waals surface area contributed by atoms with Gasteiger partial charge >= 0.3 is 0 Å². The van der Waals surface area contributed by atoms with E-state index in [1.807, 2.05) is 19.1 Å². The second kappa shape index (κ2) is 10.4. The van der Waals surface area contributed by atoms with Crippen LogP contribution >= 0.6 is 0 Å². The van der Waals surface area contributed by atoms with E-state index in [0.717, 1.165) is 75.0 Å². The number of aryl methyl sites for hydroxylation is 1. The van der Waals surface area contributed by atoms with Gasteiger partial charge in [0.2, 0.25) is 0 Å². The van der Waals surface area contributed by atoms with Gasteiger partial charge in [0.1, 0.15) is 17.8 Å². The maximum absolute atomic E-state index is 12.9. The first-order chi connectivity index (χ1) is 15.5. The standard InChI is InChI=1S/C25H35N5O2/c1-3-10-30(16-19-4-5-19)24-14-23(26-17-27-24)25(32)28-22-7-6-20(13-18(22)2)15-29-11-8-21(31)9-12-29/h6-7,13-14,17,19,21,31H,3-5,8-12,15-16H2,1-2H3,(H,28,32). The summed E-state index contributed by atoms with van der Waals surface area (Å²) in [6.45, 7) is 8.83. The summed E-state index contributed by atoms with van der Waals surface area (Å²) in [5.41, 5.74) is 3.44. The van der Waals surface area contributed by atoms with Crippen molar-refractivity contribution in [1.29, 1.82) is 0 Å².